The number of hydrogen-bond acceptors (Lipinski definition) is 5. The number of amides is 1. The summed E-state index contributed by atoms with van der Waals surface area (Å²) in [4.78, 5) is 23.5. The molecule has 0 bridgehead atoms. The second-order valence-corrected chi connectivity index (χ2v) is 9.65. The van der Waals surface area contributed by atoms with E-state index in [-0.39, 0.29) is 5.91 Å². The van der Waals surface area contributed by atoms with E-state index in [2.05, 4.69) is 36.1 Å². The lowest BCUT2D eigenvalue weighted by Gasteiger charge is -2.32. The maximum Gasteiger partial charge on any atom is 0.251 e. The minimum Gasteiger partial charge on any atom is -0.357 e. The largest absolute Gasteiger partial charge is 0.357 e. The number of aromatic nitrogens is 2. The average molecular weight is 447 g/mol. The van der Waals surface area contributed by atoms with Crippen LogP contribution >= 0.6 is 23.4 Å². The van der Waals surface area contributed by atoms with Gasteiger partial charge in [-0.25, -0.2) is 9.97 Å². The summed E-state index contributed by atoms with van der Waals surface area (Å²) in [7, 11) is 2.10. The Labute approximate surface area is 189 Å². The van der Waals surface area contributed by atoms with E-state index in [0.29, 0.717) is 34.4 Å². The first-order valence-electron chi connectivity index (χ1n) is 10.7. The van der Waals surface area contributed by atoms with Crippen molar-refractivity contribution in [2.45, 2.75) is 62.9 Å². The van der Waals surface area contributed by atoms with Gasteiger partial charge in [0.1, 0.15) is 11.0 Å². The van der Waals surface area contributed by atoms with Crippen molar-refractivity contribution >= 4 is 35.1 Å². The summed E-state index contributed by atoms with van der Waals surface area (Å²) in [5, 5.41) is 4.10. The van der Waals surface area contributed by atoms with Crippen LogP contribution in [0.25, 0.3) is 0 Å². The summed E-state index contributed by atoms with van der Waals surface area (Å²) < 4.78 is 0. The normalized spacial score (nSPS) is 14.7. The number of hydrogen-bond donors (Lipinski definition) is 1. The second-order valence-electron chi connectivity index (χ2n) is 8.32. The van der Waals surface area contributed by atoms with Gasteiger partial charge in [0, 0.05) is 37.0 Å². The van der Waals surface area contributed by atoms with Gasteiger partial charge in [-0.05, 0) is 36.5 Å². The summed E-state index contributed by atoms with van der Waals surface area (Å²) in [5.74, 6) is 2.02. The molecule has 0 aliphatic heterocycles. The van der Waals surface area contributed by atoms with Crippen molar-refractivity contribution in [1.82, 2.24) is 15.3 Å². The first-order chi connectivity index (χ1) is 14.4. The van der Waals surface area contributed by atoms with Crippen molar-refractivity contribution in [3.05, 3.63) is 46.6 Å². The molecule has 3 rings (SSSR count). The summed E-state index contributed by atoms with van der Waals surface area (Å²) in [6.07, 6.45) is 6.30. The molecule has 2 aromatic rings. The van der Waals surface area contributed by atoms with Crippen molar-refractivity contribution in [2.24, 2.45) is 5.92 Å². The van der Waals surface area contributed by atoms with E-state index in [1.807, 2.05) is 30.3 Å². The highest BCUT2D eigenvalue weighted by Crippen LogP contribution is 2.28. The Morgan fingerprint density at radius 3 is 2.57 bits per heavy atom. The molecule has 0 spiro atoms. The van der Waals surface area contributed by atoms with Gasteiger partial charge in [-0.15, -0.1) is 0 Å². The third kappa shape index (κ3) is 6.61. The lowest BCUT2D eigenvalue weighted by molar-refractivity contribution is 0.0949. The molecule has 162 valence electrons. The third-order valence-corrected chi connectivity index (χ3v) is 6.51. The summed E-state index contributed by atoms with van der Waals surface area (Å²) in [6, 6.07) is 10.1. The van der Waals surface area contributed by atoms with Crippen LogP contribution in [0.5, 0.6) is 0 Å². The summed E-state index contributed by atoms with van der Waals surface area (Å²) >= 11 is 7.85. The lowest BCUT2D eigenvalue weighted by atomic mass is 9.94. The molecule has 0 radical (unpaired) electrons. The van der Waals surface area contributed by atoms with Crippen LogP contribution in [0, 0.1) is 5.92 Å². The minimum absolute atomic E-state index is 0.0310. The quantitative estimate of drug-likeness (QED) is 0.326. The SMILES string of the molecule is CC(C)CNC(=O)c1ccc(CSc2nc(Cl)cc(N(C)C3CCCCC3)n2)cc1. The van der Waals surface area contributed by atoms with Gasteiger partial charge in [0.2, 0.25) is 0 Å². The van der Waals surface area contributed by atoms with Gasteiger partial charge in [0.05, 0.1) is 0 Å². The molecule has 0 unspecified atom stereocenters. The number of anilines is 1. The van der Waals surface area contributed by atoms with E-state index in [0.717, 1.165) is 17.1 Å². The Morgan fingerprint density at radius 1 is 1.20 bits per heavy atom. The van der Waals surface area contributed by atoms with Gasteiger partial charge in [-0.1, -0.05) is 68.6 Å². The predicted molar refractivity (Wildman–Crippen MR) is 125 cm³/mol. The van der Waals surface area contributed by atoms with Crippen LogP contribution in [-0.4, -0.2) is 35.5 Å². The van der Waals surface area contributed by atoms with Crippen molar-refractivity contribution in [3.63, 3.8) is 0 Å². The third-order valence-electron chi connectivity index (χ3n) is 5.40. The number of nitrogens with one attached hydrogen (secondary N) is 1. The zero-order valence-corrected chi connectivity index (χ0v) is 19.6. The minimum atomic E-state index is -0.0310. The molecule has 5 nitrogen and oxygen atoms in total. The molecule has 0 saturated heterocycles. The number of thioether (sulfide) groups is 1. The van der Waals surface area contributed by atoms with Gasteiger partial charge in [0.15, 0.2) is 5.16 Å². The number of benzene rings is 1. The van der Waals surface area contributed by atoms with Gasteiger partial charge < -0.3 is 10.2 Å². The van der Waals surface area contributed by atoms with E-state index in [9.17, 15) is 4.79 Å². The number of carbonyl (C=O) groups is 1. The molecular weight excluding hydrogens is 416 g/mol. The summed E-state index contributed by atoms with van der Waals surface area (Å²) in [5.41, 5.74) is 1.80. The van der Waals surface area contributed by atoms with Crippen molar-refractivity contribution in [1.29, 1.82) is 0 Å². The van der Waals surface area contributed by atoms with E-state index in [1.54, 1.807) is 11.8 Å². The highest BCUT2D eigenvalue weighted by molar-refractivity contribution is 7.98. The highest BCUT2D eigenvalue weighted by Gasteiger charge is 2.20. The van der Waals surface area contributed by atoms with Crippen LogP contribution in [0.1, 0.15) is 61.9 Å². The topological polar surface area (TPSA) is 58.1 Å². The molecule has 7 heteroatoms. The zero-order valence-electron chi connectivity index (χ0n) is 18.0. The fraction of sp³-hybridized carbons (Fsp3) is 0.522. The van der Waals surface area contributed by atoms with Gasteiger partial charge >= 0.3 is 0 Å². The number of carbonyl (C=O) groups excluding carboxylic acids is 1. The Hall–Kier alpha value is -1.79. The molecule has 1 N–H and O–H groups in total. The smallest absolute Gasteiger partial charge is 0.251 e. The fourth-order valence-electron chi connectivity index (χ4n) is 3.59. The van der Waals surface area contributed by atoms with E-state index in [1.165, 1.54) is 32.1 Å². The fourth-order valence-corrected chi connectivity index (χ4v) is 4.62. The Bertz CT molecular complexity index is 838. The van der Waals surface area contributed by atoms with Crippen LogP contribution in [0.15, 0.2) is 35.5 Å². The van der Waals surface area contributed by atoms with Crippen molar-refractivity contribution in [2.75, 3.05) is 18.5 Å². The number of rotatable bonds is 8. The van der Waals surface area contributed by atoms with E-state index in [4.69, 9.17) is 16.6 Å². The van der Waals surface area contributed by atoms with Crippen LogP contribution in [-0.2, 0) is 5.75 Å². The van der Waals surface area contributed by atoms with Crippen LogP contribution in [0.3, 0.4) is 0 Å². The monoisotopic (exact) mass is 446 g/mol. The predicted octanol–water partition coefficient (Wildman–Crippen LogP) is 5.58. The lowest BCUT2D eigenvalue weighted by Crippen LogP contribution is -2.34. The highest BCUT2D eigenvalue weighted by atomic mass is 35.5. The number of halogens is 1. The van der Waals surface area contributed by atoms with E-state index < -0.39 is 0 Å². The van der Waals surface area contributed by atoms with Crippen LogP contribution in [0.2, 0.25) is 5.15 Å². The molecule has 1 amide bonds. The first-order valence-corrected chi connectivity index (χ1v) is 12.1. The average Bonchev–Trinajstić information content (AvgIpc) is 2.76. The Balaban J connectivity index is 1.60. The van der Waals surface area contributed by atoms with Gasteiger partial charge in [-0.2, -0.15) is 0 Å². The molecule has 0 atom stereocenters. The number of nitrogens with zero attached hydrogens (tertiary/aromatic N) is 3. The molecular formula is C23H31ClN4OS. The second kappa shape index (κ2) is 11.0. The van der Waals surface area contributed by atoms with Crippen molar-refractivity contribution in [3.8, 4) is 0 Å². The van der Waals surface area contributed by atoms with E-state index >= 15 is 0 Å². The standard InChI is InChI=1S/C23H31ClN4OS/c1-16(2)14-25-22(29)18-11-9-17(10-12-18)15-30-23-26-20(24)13-21(27-23)28(3)19-7-5-4-6-8-19/h9-13,16,19H,4-8,14-15H2,1-3H3,(H,25,29). The maximum absolute atomic E-state index is 12.2. The van der Waals surface area contributed by atoms with Gasteiger partial charge in [-0.3, -0.25) is 4.79 Å². The molecule has 1 heterocycles. The van der Waals surface area contributed by atoms with Crippen molar-refractivity contribution < 1.29 is 4.79 Å². The molecule has 1 aromatic heterocycles. The van der Waals surface area contributed by atoms with Gasteiger partial charge in [0.25, 0.3) is 5.91 Å². The molecule has 1 saturated carbocycles. The Kier molecular flexibility index (Phi) is 8.40. The molecule has 1 aliphatic carbocycles. The van der Waals surface area contributed by atoms with Crippen LogP contribution < -0.4 is 10.2 Å². The first kappa shape index (κ1) is 22.9. The molecule has 1 aromatic carbocycles. The zero-order chi connectivity index (χ0) is 21.5. The van der Waals surface area contributed by atoms with Crippen LogP contribution in [0.4, 0.5) is 5.82 Å². The molecule has 1 aliphatic rings. The summed E-state index contributed by atoms with van der Waals surface area (Å²) in [6.45, 7) is 4.84. The maximum atomic E-state index is 12.2. The molecule has 30 heavy (non-hydrogen) atoms. The molecule has 1 fully saturated rings. The Morgan fingerprint density at radius 2 is 1.90 bits per heavy atom.